The van der Waals surface area contributed by atoms with E-state index in [0.29, 0.717) is 6.42 Å². The number of carboxylic acids is 1. The number of carbonyl (C=O) groups is 1. The normalized spacial score (nSPS) is 10.2. The summed E-state index contributed by atoms with van der Waals surface area (Å²) < 4.78 is 1.08. The smallest absolute Gasteiger partial charge is 0.303 e. The van der Waals surface area contributed by atoms with Crippen LogP contribution < -0.4 is 0 Å². The van der Waals surface area contributed by atoms with Gasteiger partial charge in [-0.25, -0.2) is 0 Å². The third-order valence-electron chi connectivity index (χ3n) is 2.30. The van der Waals surface area contributed by atoms with Crippen molar-refractivity contribution in [3.8, 4) is 0 Å². The van der Waals surface area contributed by atoms with Crippen molar-refractivity contribution in [1.29, 1.82) is 0 Å². The van der Waals surface area contributed by atoms with Gasteiger partial charge in [0.05, 0.1) is 0 Å². The average molecular weight is 257 g/mol. The molecule has 1 rings (SSSR count). The molecule has 0 amide bonds. The highest BCUT2D eigenvalue weighted by atomic mass is 79.9. The molecule has 76 valence electrons. The summed E-state index contributed by atoms with van der Waals surface area (Å²) in [7, 11) is 0. The van der Waals surface area contributed by atoms with Crippen molar-refractivity contribution < 1.29 is 9.90 Å². The van der Waals surface area contributed by atoms with Crippen LogP contribution in [0.25, 0.3) is 0 Å². The van der Waals surface area contributed by atoms with Gasteiger partial charge in [0, 0.05) is 10.9 Å². The Balaban J connectivity index is 2.88. The Kier molecular flexibility index (Phi) is 3.69. The molecule has 0 atom stereocenters. The Morgan fingerprint density at radius 2 is 2.07 bits per heavy atom. The standard InChI is InChI=1S/C11H13BrO2/c1-7-3-4-9(5-6-10(13)14)8(2)11(7)12/h3-4H,5-6H2,1-2H3,(H,13,14). The minimum atomic E-state index is -0.749. The molecule has 2 nitrogen and oxygen atoms in total. The molecule has 0 saturated heterocycles. The summed E-state index contributed by atoms with van der Waals surface area (Å²) in [6, 6.07) is 4.01. The van der Waals surface area contributed by atoms with E-state index in [9.17, 15) is 4.79 Å². The van der Waals surface area contributed by atoms with Crippen LogP contribution in [0.3, 0.4) is 0 Å². The number of rotatable bonds is 3. The first-order valence-electron chi connectivity index (χ1n) is 4.48. The minimum Gasteiger partial charge on any atom is -0.481 e. The summed E-state index contributed by atoms with van der Waals surface area (Å²) in [6.45, 7) is 4.03. The third-order valence-corrected chi connectivity index (χ3v) is 3.52. The number of aryl methyl sites for hydroxylation is 2. The fourth-order valence-corrected chi connectivity index (χ4v) is 1.76. The van der Waals surface area contributed by atoms with Gasteiger partial charge in [0.15, 0.2) is 0 Å². The topological polar surface area (TPSA) is 37.3 Å². The Hall–Kier alpha value is -0.830. The Bertz CT molecular complexity index is 359. The Morgan fingerprint density at radius 3 is 2.64 bits per heavy atom. The lowest BCUT2D eigenvalue weighted by Crippen LogP contribution is -1.99. The molecule has 0 bridgehead atoms. The fraction of sp³-hybridized carbons (Fsp3) is 0.364. The second-order valence-electron chi connectivity index (χ2n) is 3.37. The predicted molar refractivity (Wildman–Crippen MR) is 59.6 cm³/mol. The predicted octanol–water partition coefficient (Wildman–Crippen LogP) is 3.08. The van der Waals surface area contributed by atoms with E-state index in [1.807, 2.05) is 26.0 Å². The molecule has 0 fully saturated rings. The van der Waals surface area contributed by atoms with Crippen LogP contribution in [0.5, 0.6) is 0 Å². The lowest BCUT2D eigenvalue weighted by Gasteiger charge is -2.08. The molecule has 0 unspecified atom stereocenters. The molecule has 1 aromatic carbocycles. The molecular formula is C11H13BrO2. The van der Waals surface area contributed by atoms with Crippen LogP contribution in [0.2, 0.25) is 0 Å². The van der Waals surface area contributed by atoms with Crippen LogP contribution in [-0.2, 0) is 11.2 Å². The van der Waals surface area contributed by atoms with Gasteiger partial charge in [0.25, 0.3) is 0 Å². The maximum absolute atomic E-state index is 10.4. The van der Waals surface area contributed by atoms with E-state index in [0.717, 1.165) is 15.6 Å². The maximum Gasteiger partial charge on any atom is 0.303 e. The summed E-state index contributed by atoms with van der Waals surface area (Å²) in [6.07, 6.45) is 0.788. The lowest BCUT2D eigenvalue weighted by molar-refractivity contribution is -0.136. The summed E-state index contributed by atoms with van der Waals surface area (Å²) in [4.78, 5) is 10.4. The number of benzene rings is 1. The van der Waals surface area contributed by atoms with Gasteiger partial charge in [-0.15, -0.1) is 0 Å². The number of hydrogen-bond acceptors (Lipinski definition) is 1. The number of hydrogen-bond donors (Lipinski definition) is 1. The monoisotopic (exact) mass is 256 g/mol. The fourth-order valence-electron chi connectivity index (χ4n) is 1.37. The van der Waals surface area contributed by atoms with E-state index in [4.69, 9.17) is 5.11 Å². The van der Waals surface area contributed by atoms with Gasteiger partial charge in [-0.1, -0.05) is 28.1 Å². The maximum atomic E-state index is 10.4. The number of carboxylic acid groups (broad SMARTS) is 1. The molecule has 0 aromatic heterocycles. The Morgan fingerprint density at radius 1 is 1.43 bits per heavy atom. The molecule has 0 saturated carbocycles. The van der Waals surface area contributed by atoms with Crippen LogP contribution in [0.15, 0.2) is 16.6 Å². The second-order valence-corrected chi connectivity index (χ2v) is 4.17. The largest absolute Gasteiger partial charge is 0.481 e. The molecule has 0 aliphatic carbocycles. The lowest BCUT2D eigenvalue weighted by atomic mass is 10.0. The zero-order valence-corrected chi connectivity index (χ0v) is 9.89. The first-order valence-corrected chi connectivity index (χ1v) is 5.28. The van der Waals surface area contributed by atoms with E-state index >= 15 is 0 Å². The highest BCUT2D eigenvalue weighted by Crippen LogP contribution is 2.24. The molecule has 14 heavy (non-hydrogen) atoms. The van der Waals surface area contributed by atoms with Gasteiger partial charge in [0.2, 0.25) is 0 Å². The van der Waals surface area contributed by atoms with Crippen molar-refractivity contribution in [2.75, 3.05) is 0 Å². The van der Waals surface area contributed by atoms with Crippen LogP contribution in [-0.4, -0.2) is 11.1 Å². The van der Waals surface area contributed by atoms with Crippen molar-refractivity contribution in [1.82, 2.24) is 0 Å². The van der Waals surface area contributed by atoms with Crippen molar-refractivity contribution in [3.05, 3.63) is 33.3 Å². The van der Waals surface area contributed by atoms with Crippen LogP contribution in [0.4, 0.5) is 0 Å². The van der Waals surface area contributed by atoms with Gasteiger partial charge in [0.1, 0.15) is 0 Å². The van der Waals surface area contributed by atoms with E-state index in [1.54, 1.807) is 0 Å². The highest BCUT2D eigenvalue weighted by molar-refractivity contribution is 9.10. The van der Waals surface area contributed by atoms with E-state index in [1.165, 1.54) is 5.56 Å². The van der Waals surface area contributed by atoms with Crippen LogP contribution >= 0.6 is 15.9 Å². The van der Waals surface area contributed by atoms with Crippen LogP contribution in [0, 0.1) is 13.8 Å². The third kappa shape index (κ3) is 2.58. The molecule has 0 heterocycles. The number of halogens is 1. The van der Waals surface area contributed by atoms with Crippen molar-refractivity contribution in [2.45, 2.75) is 26.7 Å². The SMILES string of the molecule is Cc1ccc(CCC(=O)O)c(C)c1Br. The summed E-state index contributed by atoms with van der Waals surface area (Å²) in [5.74, 6) is -0.749. The molecule has 1 N–H and O–H groups in total. The summed E-state index contributed by atoms with van der Waals surface area (Å²) in [5, 5.41) is 8.58. The van der Waals surface area contributed by atoms with Crippen molar-refractivity contribution >= 4 is 21.9 Å². The average Bonchev–Trinajstić information content (AvgIpc) is 2.13. The highest BCUT2D eigenvalue weighted by Gasteiger charge is 2.06. The molecule has 0 aliphatic rings. The summed E-state index contributed by atoms with van der Waals surface area (Å²) >= 11 is 3.49. The van der Waals surface area contributed by atoms with Crippen molar-refractivity contribution in [3.63, 3.8) is 0 Å². The number of aliphatic carboxylic acids is 1. The first-order chi connectivity index (χ1) is 6.52. The quantitative estimate of drug-likeness (QED) is 0.903. The zero-order valence-electron chi connectivity index (χ0n) is 8.30. The van der Waals surface area contributed by atoms with E-state index in [2.05, 4.69) is 15.9 Å². The van der Waals surface area contributed by atoms with E-state index in [-0.39, 0.29) is 6.42 Å². The van der Waals surface area contributed by atoms with Gasteiger partial charge in [-0.2, -0.15) is 0 Å². The molecule has 0 radical (unpaired) electrons. The van der Waals surface area contributed by atoms with E-state index < -0.39 is 5.97 Å². The van der Waals surface area contributed by atoms with Gasteiger partial charge < -0.3 is 5.11 Å². The second kappa shape index (κ2) is 4.60. The molecular weight excluding hydrogens is 244 g/mol. The first kappa shape index (κ1) is 11.2. The molecule has 3 heteroatoms. The molecule has 1 aromatic rings. The molecule has 0 spiro atoms. The van der Waals surface area contributed by atoms with Gasteiger partial charge in [-0.05, 0) is 37.0 Å². The summed E-state index contributed by atoms with van der Waals surface area (Å²) in [5.41, 5.74) is 3.43. The zero-order chi connectivity index (χ0) is 10.7. The molecule has 0 aliphatic heterocycles. The van der Waals surface area contributed by atoms with Crippen LogP contribution in [0.1, 0.15) is 23.1 Å². The van der Waals surface area contributed by atoms with Crippen molar-refractivity contribution in [2.24, 2.45) is 0 Å². The van der Waals surface area contributed by atoms with Gasteiger partial charge >= 0.3 is 5.97 Å². The minimum absolute atomic E-state index is 0.191. The Labute approximate surface area is 92.1 Å². The van der Waals surface area contributed by atoms with Gasteiger partial charge in [-0.3, -0.25) is 4.79 Å².